The SMILES string of the molecule is Cc1ccc(C(=O)N2CC[C@@H](Oc3ccc(Cl)cc3)C2)nn1. The highest BCUT2D eigenvalue weighted by Crippen LogP contribution is 2.21. The Bertz CT molecular complexity index is 658. The summed E-state index contributed by atoms with van der Waals surface area (Å²) < 4.78 is 5.88. The van der Waals surface area contributed by atoms with Crippen molar-refractivity contribution in [2.45, 2.75) is 19.4 Å². The van der Waals surface area contributed by atoms with Crippen LogP contribution in [0.15, 0.2) is 36.4 Å². The number of hydrogen-bond acceptors (Lipinski definition) is 4. The Morgan fingerprint density at radius 1 is 1.23 bits per heavy atom. The lowest BCUT2D eigenvalue weighted by Crippen LogP contribution is -2.31. The van der Waals surface area contributed by atoms with Crippen molar-refractivity contribution in [1.82, 2.24) is 15.1 Å². The molecule has 1 atom stereocenters. The summed E-state index contributed by atoms with van der Waals surface area (Å²) >= 11 is 5.85. The molecular formula is C16H16ClN3O2. The van der Waals surface area contributed by atoms with Crippen LogP contribution in [-0.4, -0.2) is 40.2 Å². The standard InChI is InChI=1S/C16H16ClN3O2/c1-11-2-7-15(19-18-11)16(21)20-9-8-14(10-20)22-13-5-3-12(17)4-6-13/h2-7,14H,8-10H2,1H3/t14-/m1/s1. The third kappa shape index (κ3) is 3.36. The molecule has 0 spiro atoms. The number of carbonyl (C=O) groups excluding carboxylic acids is 1. The van der Waals surface area contributed by atoms with Crippen LogP contribution >= 0.6 is 11.6 Å². The molecule has 0 saturated carbocycles. The van der Waals surface area contributed by atoms with Gasteiger partial charge in [0.05, 0.1) is 12.2 Å². The number of halogens is 1. The second kappa shape index (κ2) is 6.32. The second-order valence-corrected chi connectivity index (χ2v) is 5.73. The molecule has 1 aromatic heterocycles. The Labute approximate surface area is 133 Å². The lowest BCUT2D eigenvalue weighted by Gasteiger charge is -2.16. The number of amides is 1. The van der Waals surface area contributed by atoms with Gasteiger partial charge in [-0.1, -0.05) is 11.6 Å². The third-order valence-corrected chi connectivity index (χ3v) is 3.82. The van der Waals surface area contributed by atoms with Crippen LogP contribution in [0.1, 0.15) is 22.6 Å². The van der Waals surface area contributed by atoms with E-state index in [1.54, 1.807) is 29.2 Å². The molecule has 1 aliphatic rings. The first-order valence-corrected chi connectivity index (χ1v) is 7.51. The van der Waals surface area contributed by atoms with Gasteiger partial charge in [0.15, 0.2) is 5.69 Å². The molecule has 5 nitrogen and oxygen atoms in total. The van der Waals surface area contributed by atoms with E-state index in [2.05, 4.69) is 10.2 Å². The van der Waals surface area contributed by atoms with E-state index in [0.717, 1.165) is 17.9 Å². The van der Waals surface area contributed by atoms with Crippen LogP contribution in [0.25, 0.3) is 0 Å². The van der Waals surface area contributed by atoms with Crippen molar-refractivity contribution >= 4 is 17.5 Å². The number of rotatable bonds is 3. The van der Waals surface area contributed by atoms with Gasteiger partial charge in [-0.05, 0) is 43.3 Å². The molecule has 1 aliphatic heterocycles. The average Bonchev–Trinajstić information content (AvgIpc) is 2.98. The van der Waals surface area contributed by atoms with Gasteiger partial charge in [-0.15, -0.1) is 5.10 Å². The summed E-state index contributed by atoms with van der Waals surface area (Å²) in [7, 11) is 0. The van der Waals surface area contributed by atoms with Gasteiger partial charge in [0, 0.05) is 18.0 Å². The van der Waals surface area contributed by atoms with E-state index < -0.39 is 0 Å². The molecule has 1 saturated heterocycles. The Balaban J connectivity index is 1.61. The Hall–Kier alpha value is -2.14. The summed E-state index contributed by atoms with van der Waals surface area (Å²) in [6.45, 7) is 3.05. The van der Waals surface area contributed by atoms with Gasteiger partial charge in [0.1, 0.15) is 11.9 Å². The van der Waals surface area contributed by atoms with Crippen molar-refractivity contribution in [2.75, 3.05) is 13.1 Å². The molecule has 0 N–H and O–H groups in total. The highest BCUT2D eigenvalue weighted by molar-refractivity contribution is 6.30. The minimum Gasteiger partial charge on any atom is -0.489 e. The molecule has 2 aromatic rings. The van der Waals surface area contributed by atoms with Crippen molar-refractivity contribution < 1.29 is 9.53 Å². The fourth-order valence-electron chi connectivity index (χ4n) is 2.39. The van der Waals surface area contributed by atoms with E-state index in [4.69, 9.17) is 16.3 Å². The largest absolute Gasteiger partial charge is 0.489 e. The monoisotopic (exact) mass is 317 g/mol. The lowest BCUT2D eigenvalue weighted by molar-refractivity contribution is 0.0765. The molecule has 2 heterocycles. The molecule has 1 amide bonds. The maximum atomic E-state index is 12.4. The summed E-state index contributed by atoms with van der Waals surface area (Å²) in [6, 6.07) is 10.7. The van der Waals surface area contributed by atoms with Crippen molar-refractivity contribution in [1.29, 1.82) is 0 Å². The molecule has 114 valence electrons. The zero-order chi connectivity index (χ0) is 15.5. The van der Waals surface area contributed by atoms with Crippen molar-refractivity contribution in [3.8, 4) is 5.75 Å². The van der Waals surface area contributed by atoms with Crippen LogP contribution in [-0.2, 0) is 0 Å². The van der Waals surface area contributed by atoms with E-state index in [9.17, 15) is 4.79 Å². The Morgan fingerprint density at radius 3 is 2.68 bits per heavy atom. The van der Waals surface area contributed by atoms with Crippen LogP contribution in [0, 0.1) is 6.92 Å². The highest BCUT2D eigenvalue weighted by Gasteiger charge is 2.29. The fraction of sp³-hybridized carbons (Fsp3) is 0.312. The fourth-order valence-corrected chi connectivity index (χ4v) is 2.52. The number of aromatic nitrogens is 2. The Morgan fingerprint density at radius 2 is 2.00 bits per heavy atom. The predicted octanol–water partition coefficient (Wildman–Crippen LogP) is 2.73. The third-order valence-electron chi connectivity index (χ3n) is 3.57. The number of hydrogen-bond donors (Lipinski definition) is 0. The van der Waals surface area contributed by atoms with Crippen LogP contribution in [0.3, 0.4) is 0 Å². The minimum absolute atomic E-state index is 0.0106. The van der Waals surface area contributed by atoms with Crippen molar-refractivity contribution in [2.24, 2.45) is 0 Å². The van der Waals surface area contributed by atoms with E-state index in [0.29, 0.717) is 23.8 Å². The molecule has 22 heavy (non-hydrogen) atoms. The molecule has 1 fully saturated rings. The first-order chi connectivity index (χ1) is 10.6. The molecule has 0 bridgehead atoms. The van der Waals surface area contributed by atoms with Gasteiger partial charge in [-0.25, -0.2) is 0 Å². The molecular weight excluding hydrogens is 302 g/mol. The molecule has 1 aromatic carbocycles. The van der Waals surface area contributed by atoms with Crippen LogP contribution in [0.2, 0.25) is 5.02 Å². The van der Waals surface area contributed by atoms with Crippen LogP contribution < -0.4 is 4.74 Å². The number of benzene rings is 1. The predicted molar refractivity (Wildman–Crippen MR) is 83.2 cm³/mol. The summed E-state index contributed by atoms with van der Waals surface area (Å²) in [5.41, 5.74) is 1.17. The zero-order valence-corrected chi connectivity index (χ0v) is 13.0. The van der Waals surface area contributed by atoms with Crippen LogP contribution in [0.5, 0.6) is 5.75 Å². The van der Waals surface area contributed by atoms with Gasteiger partial charge < -0.3 is 9.64 Å². The quantitative estimate of drug-likeness (QED) is 0.873. The molecule has 0 aliphatic carbocycles. The van der Waals surface area contributed by atoms with E-state index in [1.807, 2.05) is 19.1 Å². The average molecular weight is 318 g/mol. The Kier molecular flexibility index (Phi) is 4.24. The minimum atomic E-state index is -0.102. The first kappa shape index (κ1) is 14.8. The second-order valence-electron chi connectivity index (χ2n) is 5.29. The molecule has 0 radical (unpaired) electrons. The summed E-state index contributed by atoms with van der Waals surface area (Å²) in [5, 5.41) is 8.54. The molecule has 3 rings (SSSR count). The van der Waals surface area contributed by atoms with Gasteiger partial charge in [0.2, 0.25) is 0 Å². The van der Waals surface area contributed by atoms with Gasteiger partial charge in [-0.3, -0.25) is 4.79 Å². The lowest BCUT2D eigenvalue weighted by atomic mass is 10.3. The van der Waals surface area contributed by atoms with Crippen LogP contribution in [0.4, 0.5) is 0 Å². The number of nitrogens with zero attached hydrogens (tertiary/aromatic N) is 3. The van der Waals surface area contributed by atoms with E-state index >= 15 is 0 Å². The topological polar surface area (TPSA) is 55.3 Å². The molecule has 6 heteroatoms. The normalized spacial score (nSPS) is 17.5. The van der Waals surface area contributed by atoms with E-state index in [-0.39, 0.29) is 12.0 Å². The van der Waals surface area contributed by atoms with Gasteiger partial charge in [0.25, 0.3) is 5.91 Å². The van der Waals surface area contributed by atoms with Crippen molar-refractivity contribution in [3.63, 3.8) is 0 Å². The number of aryl methyl sites for hydroxylation is 1. The number of likely N-dealkylation sites (tertiary alicyclic amines) is 1. The number of ether oxygens (including phenoxy) is 1. The maximum absolute atomic E-state index is 12.4. The zero-order valence-electron chi connectivity index (χ0n) is 12.2. The highest BCUT2D eigenvalue weighted by atomic mass is 35.5. The summed E-state index contributed by atoms with van der Waals surface area (Å²) in [6.07, 6.45) is 0.789. The summed E-state index contributed by atoms with van der Waals surface area (Å²) in [5.74, 6) is 0.661. The van der Waals surface area contributed by atoms with Gasteiger partial charge >= 0.3 is 0 Å². The smallest absolute Gasteiger partial charge is 0.274 e. The van der Waals surface area contributed by atoms with Gasteiger partial charge in [-0.2, -0.15) is 5.10 Å². The van der Waals surface area contributed by atoms with E-state index in [1.165, 1.54) is 0 Å². The maximum Gasteiger partial charge on any atom is 0.274 e. The molecule has 0 unspecified atom stereocenters. The summed E-state index contributed by atoms with van der Waals surface area (Å²) in [4.78, 5) is 14.1. The number of carbonyl (C=O) groups is 1. The first-order valence-electron chi connectivity index (χ1n) is 7.13. The van der Waals surface area contributed by atoms with Crippen molar-refractivity contribution in [3.05, 3.63) is 52.8 Å².